The molecule has 1 spiro atoms. The van der Waals surface area contributed by atoms with Gasteiger partial charge < -0.3 is 4.90 Å². The lowest BCUT2D eigenvalue weighted by Gasteiger charge is -2.46. The van der Waals surface area contributed by atoms with Crippen molar-refractivity contribution in [3.05, 3.63) is 53.9 Å². The van der Waals surface area contributed by atoms with E-state index in [-0.39, 0.29) is 11.4 Å². The van der Waals surface area contributed by atoms with Crippen molar-refractivity contribution in [2.24, 2.45) is 7.05 Å². The Morgan fingerprint density at radius 2 is 1.88 bits per heavy atom. The highest BCUT2D eigenvalue weighted by molar-refractivity contribution is 5.81. The van der Waals surface area contributed by atoms with E-state index in [1.807, 2.05) is 35.9 Å². The van der Waals surface area contributed by atoms with Gasteiger partial charge in [-0.25, -0.2) is 0 Å². The van der Waals surface area contributed by atoms with E-state index < -0.39 is 0 Å². The van der Waals surface area contributed by atoms with E-state index in [1.54, 1.807) is 0 Å². The van der Waals surface area contributed by atoms with Crippen molar-refractivity contribution in [1.29, 1.82) is 0 Å². The minimum absolute atomic E-state index is 0.0239. The summed E-state index contributed by atoms with van der Waals surface area (Å²) in [5.74, 6) is 0.598. The van der Waals surface area contributed by atoms with Crippen LogP contribution in [0.2, 0.25) is 0 Å². The number of piperidine rings is 1. The van der Waals surface area contributed by atoms with Crippen LogP contribution in [0.15, 0.2) is 42.7 Å². The highest BCUT2D eigenvalue weighted by atomic mass is 16.2. The Bertz CT molecular complexity index is 746. The van der Waals surface area contributed by atoms with E-state index in [0.29, 0.717) is 12.3 Å². The van der Waals surface area contributed by atoms with Crippen LogP contribution in [0.1, 0.15) is 36.3 Å². The molecule has 2 saturated heterocycles. The summed E-state index contributed by atoms with van der Waals surface area (Å²) in [5, 5.41) is 4.26. The summed E-state index contributed by atoms with van der Waals surface area (Å²) in [4.78, 5) is 17.0. The van der Waals surface area contributed by atoms with Crippen LogP contribution in [-0.2, 0) is 18.4 Å². The molecule has 1 aromatic heterocycles. The first-order chi connectivity index (χ1) is 12.1. The lowest BCUT2D eigenvalue weighted by Crippen LogP contribution is -2.53. The Kier molecular flexibility index (Phi) is 4.12. The number of aromatic nitrogens is 2. The van der Waals surface area contributed by atoms with Crippen LogP contribution >= 0.6 is 0 Å². The van der Waals surface area contributed by atoms with Crippen molar-refractivity contribution < 1.29 is 4.79 Å². The molecule has 0 radical (unpaired) electrons. The third kappa shape index (κ3) is 2.86. The largest absolute Gasteiger partial charge is 0.339 e. The number of likely N-dealkylation sites (tertiary alicyclic amines) is 2. The van der Waals surface area contributed by atoms with Gasteiger partial charge in [-0.3, -0.25) is 14.4 Å². The normalized spacial score (nSPS) is 23.5. The van der Waals surface area contributed by atoms with Crippen LogP contribution < -0.4 is 0 Å². The molecular weight excluding hydrogens is 312 g/mol. The van der Waals surface area contributed by atoms with Crippen LogP contribution in [0, 0.1) is 0 Å². The fourth-order valence-corrected chi connectivity index (χ4v) is 4.69. The Morgan fingerprint density at radius 3 is 2.52 bits per heavy atom. The topological polar surface area (TPSA) is 41.4 Å². The summed E-state index contributed by atoms with van der Waals surface area (Å²) in [5.41, 5.74) is 2.54. The van der Waals surface area contributed by atoms with Crippen molar-refractivity contribution in [1.82, 2.24) is 19.6 Å². The summed E-state index contributed by atoms with van der Waals surface area (Å²) in [6.45, 7) is 2.99. The second kappa shape index (κ2) is 6.30. The maximum absolute atomic E-state index is 12.5. The monoisotopic (exact) mass is 338 g/mol. The Labute approximate surface area is 149 Å². The quantitative estimate of drug-likeness (QED) is 0.863. The van der Waals surface area contributed by atoms with Crippen molar-refractivity contribution in [3.63, 3.8) is 0 Å². The number of carbonyl (C=O) groups excluding carboxylic acids is 1. The zero-order chi connectivity index (χ0) is 17.4. The van der Waals surface area contributed by atoms with E-state index >= 15 is 0 Å². The smallest absolute Gasteiger partial charge is 0.223 e. The highest BCUT2D eigenvalue weighted by Gasteiger charge is 2.52. The molecule has 2 aromatic rings. The standard InChI is InChI=1S/C20H26N4O/c1-22-14-16(13-21-22)15-24-10-8-20(9-11-24)18(12-19(25)23(20)2)17-6-4-3-5-7-17/h3-7,13-14,18H,8-12,15H2,1-2H3/t18-/m0/s1. The predicted molar refractivity (Wildman–Crippen MR) is 97.0 cm³/mol. The molecule has 2 aliphatic heterocycles. The van der Waals surface area contributed by atoms with Gasteiger partial charge in [-0.15, -0.1) is 0 Å². The fourth-order valence-electron chi connectivity index (χ4n) is 4.69. The number of nitrogens with zero attached hydrogens (tertiary/aromatic N) is 4. The first-order valence-electron chi connectivity index (χ1n) is 9.10. The van der Waals surface area contributed by atoms with Gasteiger partial charge in [-0.2, -0.15) is 5.10 Å². The molecule has 0 unspecified atom stereocenters. The van der Waals surface area contributed by atoms with E-state index in [0.717, 1.165) is 32.5 Å². The molecule has 132 valence electrons. The second-order valence-corrected chi connectivity index (χ2v) is 7.52. The number of carbonyl (C=O) groups is 1. The molecule has 1 atom stereocenters. The fraction of sp³-hybridized carbons (Fsp3) is 0.500. The van der Waals surface area contributed by atoms with Crippen LogP contribution in [-0.4, -0.2) is 51.2 Å². The van der Waals surface area contributed by atoms with Crippen molar-refractivity contribution in [2.45, 2.75) is 37.3 Å². The lowest BCUT2D eigenvalue weighted by molar-refractivity contribution is -0.130. The average Bonchev–Trinajstić information content (AvgIpc) is 3.14. The van der Waals surface area contributed by atoms with E-state index in [2.05, 4.69) is 40.5 Å². The average molecular weight is 338 g/mol. The molecule has 3 heterocycles. The number of aryl methyl sites for hydroxylation is 1. The van der Waals surface area contributed by atoms with E-state index in [4.69, 9.17) is 0 Å². The third-order valence-electron chi connectivity index (χ3n) is 6.16. The molecule has 1 aromatic carbocycles. The third-order valence-corrected chi connectivity index (χ3v) is 6.16. The molecule has 0 N–H and O–H groups in total. The van der Waals surface area contributed by atoms with Gasteiger partial charge in [0.25, 0.3) is 0 Å². The number of likely N-dealkylation sites (N-methyl/N-ethyl adjacent to an activating group) is 1. The maximum Gasteiger partial charge on any atom is 0.223 e. The SMILES string of the molecule is CN1C(=O)C[C@@H](c2ccccc2)C12CCN(Cc1cnn(C)c1)CC2. The number of benzene rings is 1. The van der Waals surface area contributed by atoms with E-state index in [9.17, 15) is 4.79 Å². The van der Waals surface area contributed by atoms with Crippen molar-refractivity contribution in [2.75, 3.05) is 20.1 Å². The van der Waals surface area contributed by atoms with Crippen LogP contribution in [0.25, 0.3) is 0 Å². The molecule has 5 nitrogen and oxygen atoms in total. The van der Waals surface area contributed by atoms with Gasteiger partial charge in [0.1, 0.15) is 0 Å². The minimum Gasteiger partial charge on any atom is -0.339 e. The molecule has 5 heteroatoms. The Hall–Kier alpha value is -2.14. The van der Waals surface area contributed by atoms with Gasteiger partial charge in [-0.05, 0) is 18.4 Å². The summed E-state index contributed by atoms with van der Waals surface area (Å²) in [6, 6.07) is 10.6. The Morgan fingerprint density at radius 1 is 1.16 bits per heavy atom. The molecule has 2 aliphatic rings. The number of rotatable bonds is 3. The van der Waals surface area contributed by atoms with Crippen LogP contribution in [0.4, 0.5) is 0 Å². The van der Waals surface area contributed by atoms with Crippen LogP contribution in [0.5, 0.6) is 0 Å². The van der Waals surface area contributed by atoms with Gasteiger partial charge in [-0.1, -0.05) is 30.3 Å². The van der Waals surface area contributed by atoms with Gasteiger partial charge in [0, 0.05) is 57.8 Å². The van der Waals surface area contributed by atoms with Crippen molar-refractivity contribution >= 4 is 5.91 Å². The Balaban J connectivity index is 1.51. The highest BCUT2D eigenvalue weighted by Crippen LogP contribution is 2.48. The minimum atomic E-state index is -0.0239. The number of hydrogen-bond acceptors (Lipinski definition) is 3. The molecule has 25 heavy (non-hydrogen) atoms. The molecular formula is C20H26N4O. The summed E-state index contributed by atoms with van der Waals surface area (Å²) >= 11 is 0. The molecule has 0 bridgehead atoms. The van der Waals surface area contributed by atoms with Gasteiger partial charge >= 0.3 is 0 Å². The predicted octanol–water partition coefficient (Wildman–Crippen LogP) is 2.40. The molecule has 2 fully saturated rings. The molecule has 0 saturated carbocycles. The maximum atomic E-state index is 12.5. The number of amides is 1. The summed E-state index contributed by atoms with van der Waals surface area (Å²) in [7, 11) is 3.96. The second-order valence-electron chi connectivity index (χ2n) is 7.52. The van der Waals surface area contributed by atoms with E-state index in [1.165, 1.54) is 11.1 Å². The molecule has 1 amide bonds. The first-order valence-corrected chi connectivity index (χ1v) is 9.10. The lowest BCUT2D eigenvalue weighted by atomic mass is 9.73. The van der Waals surface area contributed by atoms with Crippen LogP contribution in [0.3, 0.4) is 0 Å². The molecule has 0 aliphatic carbocycles. The molecule has 4 rings (SSSR count). The zero-order valence-electron chi connectivity index (χ0n) is 15.1. The first kappa shape index (κ1) is 16.3. The number of hydrogen-bond donors (Lipinski definition) is 0. The summed E-state index contributed by atoms with van der Waals surface area (Å²) in [6.07, 6.45) is 6.75. The van der Waals surface area contributed by atoms with Gasteiger partial charge in [0.15, 0.2) is 0 Å². The summed E-state index contributed by atoms with van der Waals surface area (Å²) < 4.78 is 1.86. The van der Waals surface area contributed by atoms with Crippen molar-refractivity contribution in [3.8, 4) is 0 Å². The zero-order valence-corrected chi connectivity index (χ0v) is 15.1. The van der Waals surface area contributed by atoms with Gasteiger partial charge in [0.2, 0.25) is 5.91 Å². The van der Waals surface area contributed by atoms with Gasteiger partial charge in [0.05, 0.1) is 11.7 Å².